The first-order chi connectivity index (χ1) is 12.9. The number of amides is 1. The standard InChI is InChI=1S/C19H15F3N4O/c20-19(21,22)14-2-1-3-15(10-14)26-16-6-9-24-17(11-16)18(27)25-12-13-4-7-23-8-5-13/h1-11H,12H2,(H,24,26)(H,25,27). The van der Waals surface area contributed by atoms with Crippen LogP contribution in [0.1, 0.15) is 21.6 Å². The van der Waals surface area contributed by atoms with Crippen LogP contribution < -0.4 is 10.6 Å². The van der Waals surface area contributed by atoms with Gasteiger partial charge in [-0.2, -0.15) is 13.2 Å². The van der Waals surface area contributed by atoms with Gasteiger partial charge in [-0.05, 0) is 48.0 Å². The third kappa shape index (κ3) is 5.04. The number of hydrogen-bond acceptors (Lipinski definition) is 4. The van der Waals surface area contributed by atoms with Gasteiger partial charge in [0.05, 0.1) is 5.56 Å². The zero-order valence-electron chi connectivity index (χ0n) is 14.0. The lowest BCUT2D eigenvalue weighted by Crippen LogP contribution is -2.23. The zero-order valence-corrected chi connectivity index (χ0v) is 14.0. The molecular weight excluding hydrogens is 357 g/mol. The maximum atomic E-state index is 12.8. The molecule has 2 aromatic heterocycles. The lowest BCUT2D eigenvalue weighted by molar-refractivity contribution is -0.137. The zero-order chi connectivity index (χ0) is 19.3. The van der Waals surface area contributed by atoms with Crippen LogP contribution in [-0.4, -0.2) is 15.9 Å². The van der Waals surface area contributed by atoms with Gasteiger partial charge >= 0.3 is 6.18 Å². The summed E-state index contributed by atoms with van der Waals surface area (Å²) in [6.07, 6.45) is 0.240. The molecule has 5 nitrogen and oxygen atoms in total. The second kappa shape index (κ2) is 7.86. The number of nitrogens with zero attached hydrogens (tertiary/aromatic N) is 2. The first-order valence-electron chi connectivity index (χ1n) is 7.99. The average Bonchev–Trinajstić information content (AvgIpc) is 2.67. The van der Waals surface area contributed by atoms with E-state index in [-0.39, 0.29) is 17.3 Å². The van der Waals surface area contributed by atoms with E-state index in [1.165, 1.54) is 24.4 Å². The van der Waals surface area contributed by atoms with Gasteiger partial charge in [0.1, 0.15) is 5.69 Å². The van der Waals surface area contributed by atoms with E-state index < -0.39 is 11.7 Å². The minimum atomic E-state index is -4.42. The molecule has 0 saturated heterocycles. The van der Waals surface area contributed by atoms with Crippen molar-refractivity contribution in [1.82, 2.24) is 15.3 Å². The minimum Gasteiger partial charge on any atom is -0.355 e. The van der Waals surface area contributed by atoms with Crippen LogP contribution in [0.15, 0.2) is 67.1 Å². The van der Waals surface area contributed by atoms with E-state index in [9.17, 15) is 18.0 Å². The fourth-order valence-corrected chi connectivity index (χ4v) is 2.35. The fourth-order valence-electron chi connectivity index (χ4n) is 2.35. The Labute approximate surface area is 153 Å². The number of hydrogen-bond donors (Lipinski definition) is 2. The Kier molecular flexibility index (Phi) is 5.35. The van der Waals surface area contributed by atoms with Crippen LogP contribution in [0.5, 0.6) is 0 Å². The Morgan fingerprint density at radius 2 is 1.70 bits per heavy atom. The van der Waals surface area contributed by atoms with Crippen LogP contribution in [0.3, 0.4) is 0 Å². The molecule has 0 saturated carbocycles. The molecule has 1 aromatic carbocycles. The molecule has 138 valence electrons. The monoisotopic (exact) mass is 372 g/mol. The minimum absolute atomic E-state index is 0.154. The Bertz CT molecular complexity index is 929. The van der Waals surface area contributed by atoms with E-state index in [1.807, 2.05) is 0 Å². The maximum absolute atomic E-state index is 12.8. The van der Waals surface area contributed by atoms with Gasteiger partial charge in [0, 0.05) is 36.5 Å². The summed E-state index contributed by atoms with van der Waals surface area (Å²) in [5.41, 5.74) is 1.01. The van der Waals surface area contributed by atoms with Crippen molar-refractivity contribution in [2.75, 3.05) is 5.32 Å². The number of alkyl halides is 3. The molecule has 27 heavy (non-hydrogen) atoms. The largest absolute Gasteiger partial charge is 0.416 e. The smallest absolute Gasteiger partial charge is 0.355 e. The molecule has 0 unspecified atom stereocenters. The predicted octanol–water partition coefficient (Wildman–Crippen LogP) is 4.17. The Hall–Kier alpha value is -3.42. The fraction of sp³-hybridized carbons (Fsp3) is 0.105. The Morgan fingerprint density at radius 3 is 2.44 bits per heavy atom. The summed E-state index contributed by atoms with van der Waals surface area (Å²) in [6, 6.07) is 11.4. The topological polar surface area (TPSA) is 66.9 Å². The summed E-state index contributed by atoms with van der Waals surface area (Å²) in [5.74, 6) is -0.389. The predicted molar refractivity (Wildman–Crippen MR) is 94.4 cm³/mol. The highest BCUT2D eigenvalue weighted by Gasteiger charge is 2.30. The molecule has 0 spiro atoms. The van der Waals surface area contributed by atoms with Gasteiger partial charge in [0.2, 0.25) is 0 Å². The second-order valence-corrected chi connectivity index (χ2v) is 5.67. The quantitative estimate of drug-likeness (QED) is 0.706. The molecule has 3 rings (SSSR count). The van der Waals surface area contributed by atoms with Crippen molar-refractivity contribution in [2.24, 2.45) is 0 Å². The summed E-state index contributed by atoms with van der Waals surface area (Å²) >= 11 is 0. The van der Waals surface area contributed by atoms with Crippen molar-refractivity contribution in [3.8, 4) is 0 Å². The van der Waals surface area contributed by atoms with Crippen LogP contribution in [0.4, 0.5) is 24.5 Å². The van der Waals surface area contributed by atoms with Crippen molar-refractivity contribution < 1.29 is 18.0 Å². The van der Waals surface area contributed by atoms with Crippen LogP contribution in [0, 0.1) is 0 Å². The highest BCUT2D eigenvalue weighted by molar-refractivity contribution is 5.93. The van der Waals surface area contributed by atoms with Crippen molar-refractivity contribution in [2.45, 2.75) is 12.7 Å². The van der Waals surface area contributed by atoms with Gasteiger partial charge in [-0.25, -0.2) is 0 Å². The molecule has 2 N–H and O–H groups in total. The van der Waals surface area contributed by atoms with Gasteiger partial charge < -0.3 is 10.6 Å². The van der Waals surface area contributed by atoms with Crippen molar-refractivity contribution in [1.29, 1.82) is 0 Å². The van der Waals surface area contributed by atoms with Gasteiger partial charge in [-0.15, -0.1) is 0 Å². The first-order valence-corrected chi connectivity index (χ1v) is 7.99. The molecule has 0 atom stereocenters. The normalized spacial score (nSPS) is 11.1. The van der Waals surface area contributed by atoms with Crippen molar-refractivity contribution in [3.63, 3.8) is 0 Å². The van der Waals surface area contributed by atoms with Crippen LogP contribution in [-0.2, 0) is 12.7 Å². The first kappa shape index (κ1) is 18.4. The summed E-state index contributed by atoms with van der Waals surface area (Å²) in [7, 11) is 0. The van der Waals surface area contributed by atoms with Crippen molar-refractivity contribution in [3.05, 3.63) is 83.9 Å². The van der Waals surface area contributed by atoms with E-state index in [0.717, 1.165) is 17.7 Å². The lowest BCUT2D eigenvalue weighted by Gasteiger charge is -2.11. The van der Waals surface area contributed by atoms with Gasteiger partial charge in [-0.1, -0.05) is 6.07 Å². The summed E-state index contributed by atoms with van der Waals surface area (Å²) < 4.78 is 38.4. The van der Waals surface area contributed by atoms with Crippen molar-refractivity contribution >= 4 is 17.3 Å². The molecular formula is C19H15F3N4O. The van der Waals surface area contributed by atoms with Gasteiger partial charge in [0.25, 0.3) is 5.91 Å². The molecule has 0 bridgehead atoms. The molecule has 0 aliphatic heterocycles. The number of carbonyl (C=O) groups excluding carboxylic acids is 1. The van der Waals surface area contributed by atoms with E-state index in [0.29, 0.717) is 12.2 Å². The number of aromatic nitrogens is 2. The SMILES string of the molecule is O=C(NCc1ccncc1)c1cc(Nc2cccc(C(F)(F)F)c2)ccn1. The summed E-state index contributed by atoms with van der Waals surface area (Å²) in [6.45, 7) is 0.314. The molecule has 0 fully saturated rings. The van der Waals surface area contributed by atoms with E-state index in [2.05, 4.69) is 20.6 Å². The van der Waals surface area contributed by atoms with Gasteiger partial charge in [0.15, 0.2) is 0 Å². The lowest BCUT2D eigenvalue weighted by atomic mass is 10.2. The average molecular weight is 372 g/mol. The molecule has 0 aliphatic carbocycles. The van der Waals surface area contributed by atoms with E-state index >= 15 is 0 Å². The van der Waals surface area contributed by atoms with Crippen LogP contribution in [0.2, 0.25) is 0 Å². The van der Waals surface area contributed by atoms with E-state index in [1.54, 1.807) is 30.6 Å². The number of nitrogens with one attached hydrogen (secondary N) is 2. The Balaban J connectivity index is 1.69. The van der Waals surface area contributed by atoms with E-state index in [4.69, 9.17) is 0 Å². The molecule has 0 radical (unpaired) electrons. The number of anilines is 2. The molecule has 2 heterocycles. The van der Waals surface area contributed by atoms with Crippen LogP contribution >= 0.6 is 0 Å². The third-order valence-corrected chi connectivity index (χ3v) is 3.67. The molecule has 0 aliphatic rings. The highest BCUT2D eigenvalue weighted by Crippen LogP contribution is 2.31. The highest BCUT2D eigenvalue weighted by atomic mass is 19.4. The molecule has 1 amide bonds. The second-order valence-electron chi connectivity index (χ2n) is 5.67. The molecule has 3 aromatic rings. The number of rotatable bonds is 5. The summed E-state index contributed by atoms with van der Waals surface area (Å²) in [4.78, 5) is 20.1. The Morgan fingerprint density at radius 1 is 0.963 bits per heavy atom. The maximum Gasteiger partial charge on any atom is 0.416 e. The molecule has 8 heteroatoms. The number of halogens is 3. The number of pyridine rings is 2. The number of carbonyl (C=O) groups is 1. The van der Waals surface area contributed by atoms with Gasteiger partial charge in [-0.3, -0.25) is 14.8 Å². The number of benzene rings is 1. The summed E-state index contributed by atoms with van der Waals surface area (Å²) in [5, 5.41) is 5.59. The third-order valence-electron chi connectivity index (χ3n) is 3.67. The van der Waals surface area contributed by atoms with Crippen LogP contribution in [0.25, 0.3) is 0 Å².